The van der Waals surface area contributed by atoms with Gasteiger partial charge in [-0.2, -0.15) is 0 Å². The van der Waals surface area contributed by atoms with Gasteiger partial charge in [0, 0.05) is 13.1 Å². The lowest BCUT2D eigenvalue weighted by Gasteiger charge is -2.35. The first-order valence-corrected chi connectivity index (χ1v) is 5.92. The summed E-state index contributed by atoms with van der Waals surface area (Å²) in [6.07, 6.45) is -0.193. The second kappa shape index (κ2) is 5.46. The predicted molar refractivity (Wildman–Crippen MR) is 63.8 cm³/mol. The van der Waals surface area contributed by atoms with Crippen LogP contribution in [0.2, 0.25) is 0 Å². The zero-order chi connectivity index (χ0) is 13.1. The molecule has 1 aliphatic rings. The largest absolute Gasteiger partial charge is 0.480 e. The number of hydrogen-bond donors (Lipinski definition) is 1. The minimum atomic E-state index is -0.838. The summed E-state index contributed by atoms with van der Waals surface area (Å²) in [4.78, 5) is 12.8. The van der Waals surface area contributed by atoms with Crippen molar-refractivity contribution in [2.45, 2.75) is 19.1 Å². The van der Waals surface area contributed by atoms with E-state index in [4.69, 9.17) is 9.84 Å². The molecule has 0 radical (unpaired) electrons. The smallest absolute Gasteiger partial charge is 0.320 e. The Labute approximate surface area is 105 Å². The number of aliphatic carboxylic acids is 1. The molecule has 2 rings (SSSR count). The summed E-state index contributed by atoms with van der Waals surface area (Å²) in [6, 6.07) is 5.59. The molecule has 0 aliphatic carbocycles. The van der Waals surface area contributed by atoms with Crippen LogP contribution in [0.4, 0.5) is 4.39 Å². The van der Waals surface area contributed by atoms with Crippen LogP contribution in [0.1, 0.15) is 18.6 Å². The highest BCUT2D eigenvalue weighted by Crippen LogP contribution is 2.23. The Morgan fingerprint density at radius 1 is 1.50 bits per heavy atom. The van der Waals surface area contributed by atoms with Crippen molar-refractivity contribution < 1.29 is 19.0 Å². The quantitative estimate of drug-likeness (QED) is 0.890. The predicted octanol–water partition coefficient (Wildman–Crippen LogP) is 1.67. The third-order valence-electron chi connectivity index (χ3n) is 3.24. The van der Waals surface area contributed by atoms with E-state index >= 15 is 0 Å². The molecular formula is C13H16FNO3. The maximum atomic E-state index is 12.8. The highest BCUT2D eigenvalue weighted by Gasteiger charge is 2.28. The average molecular weight is 253 g/mol. The van der Waals surface area contributed by atoms with Crippen molar-refractivity contribution in [3.8, 4) is 0 Å². The highest BCUT2D eigenvalue weighted by molar-refractivity contribution is 5.72. The molecule has 0 amide bonds. The van der Waals surface area contributed by atoms with Crippen LogP contribution >= 0.6 is 0 Å². The molecule has 1 saturated heterocycles. The number of rotatable bonds is 3. The lowest BCUT2D eigenvalue weighted by atomic mass is 10.1. The number of hydrogen-bond acceptors (Lipinski definition) is 3. The molecule has 1 aliphatic heterocycles. The van der Waals surface area contributed by atoms with Gasteiger partial charge in [0.2, 0.25) is 0 Å². The first-order valence-electron chi connectivity index (χ1n) is 5.92. The SMILES string of the molecule is C[C@H](C(=O)O)N1CCO[C@@H](c2ccc(F)cc2)C1. The molecule has 5 heteroatoms. The number of carbonyl (C=O) groups is 1. The van der Waals surface area contributed by atoms with E-state index < -0.39 is 12.0 Å². The zero-order valence-electron chi connectivity index (χ0n) is 10.2. The molecule has 0 aromatic heterocycles. The van der Waals surface area contributed by atoms with Gasteiger partial charge in [-0.1, -0.05) is 12.1 Å². The molecule has 4 nitrogen and oxygen atoms in total. The molecule has 98 valence electrons. The third-order valence-corrected chi connectivity index (χ3v) is 3.24. The number of carboxylic acid groups (broad SMARTS) is 1. The Balaban J connectivity index is 2.06. The van der Waals surface area contributed by atoms with Gasteiger partial charge in [-0.25, -0.2) is 4.39 Å². The van der Waals surface area contributed by atoms with Crippen LogP contribution in [0, 0.1) is 5.82 Å². The van der Waals surface area contributed by atoms with Crippen LogP contribution in [-0.4, -0.2) is 41.7 Å². The molecular weight excluding hydrogens is 237 g/mol. The maximum Gasteiger partial charge on any atom is 0.320 e. The van der Waals surface area contributed by atoms with Crippen molar-refractivity contribution in [2.24, 2.45) is 0 Å². The van der Waals surface area contributed by atoms with Crippen LogP contribution in [0.25, 0.3) is 0 Å². The topological polar surface area (TPSA) is 49.8 Å². The van der Waals surface area contributed by atoms with E-state index in [1.807, 2.05) is 4.90 Å². The summed E-state index contributed by atoms with van der Waals surface area (Å²) in [5.41, 5.74) is 0.874. The summed E-state index contributed by atoms with van der Waals surface area (Å²) in [5.74, 6) is -1.12. The van der Waals surface area contributed by atoms with Gasteiger partial charge in [-0.3, -0.25) is 9.69 Å². The molecule has 1 heterocycles. The molecule has 0 unspecified atom stereocenters. The lowest BCUT2D eigenvalue weighted by molar-refractivity contribution is -0.145. The standard InChI is InChI=1S/C13H16FNO3/c1-9(13(16)17)15-6-7-18-12(8-15)10-2-4-11(14)5-3-10/h2-5,9,12H,6-8H2,1H3,(H,16,17)/t9-,12-/m1/s1. The molecule has 0 bridgehead atoms. The second-order valence-corrected chi connectivity index (χ2v) is 4.42. The monoisotopic (exact) mass is 253 g/mol. The fourth-order valence-corrected chi connectivity index (χ4v) is 2.06. The van der Waals surface area contributed by atoms with Gasteiger partial charge < -0.3 is 9.84 Å². The molecule has 1 fully saturated rings. The molecule has 1 aromatic rings. The van der Waals surface area contributed by atoms with E-state index in [2.05, 4.69) is 0 Å². The van der Waals surface area contributed by atoms with Gasteiger partial charge in [0.15, 0.2) is 0 Å². The van der Waals surface area contributed by atoms with E-state index in [0.717, 1.165) is 5.56 Å². The molecule has 1 N–H and O–H groups in total. The van der Waals surface area contributed by atoms with Gasteiger partial charge in [0.1, 0.15) is 11.9 Å². The summed E-state index contributed by atoms with van der Waals surface area (Å²) < 4.78 is 18.4. The minimum Gasteiger partial charge on any atom is -0.480 e. The fourth-order valence-electron chi connectivity index (χ4n) is 2.06. The number of benzene rings is 1. The summed E-state index contributed by atoms with van der Waals surface area (Å²) in [6.45, 7) is 3.26. The van der Waals surface area contributed by atoms with E-state index in [1.54, 1.807) is 19.1 Å². The third kappa shape index (κ3) is 2.86. The lowest BCUT2D eigenvalue weighted by Crippen LogP contribution is -2.46. The number of carboxylic acids is 1. The van der Waals surface area contributed by atoms with Gasteiger partial charge >= 0.3 is 5.97 Å². The van der Waals surface area contributed by atoms with Crippen molar-refractivity contribution in [3.63, 3.8) is 0 Å². The summed E-state index contributed by atoms with van der Waals surface area (Å²) in [7, 11) is 0. The van der Waals surface area contributed by atoms with E-state index in [9.17, 15) is 9.18 Å². The van der Waals surface area contributed by atoms with Crippen molar-refractivity contribution in [1.82, 2.24) is 4.90 Å². The number of ether oxygens (including phenoxy) is 1. The fraction of sp³-hybridized carbons (Fsp3) is 0.462. The van der Waals surface area contributed by atoms with Crippen molar-refractivity contribution in [2.75, 3.05) is 19.7 Å². The first-order chi connectivity index (χ1) is 8.58. The van der Waals surface area contributed by atoms with Gasteiger partial charge in [-0.15, -0.1) is 0 Å². The van der Waals surface area contributed by atoms with E-state index in [1.165, 1.54) is 12.1 Å². The maximum absolute atomic E-state index is 12.8. The zero-order valence-corrected chi connectivity index (χ0v) is 10.2. The Morgan fingerprint density at radius 2 is 2.17 bits per heavy atom. The first kappa shape index (κ1) is 13.0. The number of halogens is 1. The minimum absolute atomic E-state index is 0.193. The Bertz CT molecular complexity index is 421. The van der Waals surface area contributed by atoms with Crippen molar-refractivity contribution in [3.05, 3.63) is 35.6 Å². The molecule has 2 atom stereocenters. The van der Waals surface area contributed by atoms with Gasteiger partial charge in [-0.05, 0) is 24.6 Å². The van der Waals surface area contributed by atoms with Crippen molar-refractivity contribution in [1.29, 1.82) is 0 Å². The Hall–Kier alpha value is -1.46. The second-order valence-electron chi connectivity index (χ2n) is 4.42. The Morgan fingerprint density at radius 3 is 2.78 bits per heavy atom. The van der Waals surface area contributed by atoms with E-state index in [0.29, 0.717) is 19.7 Å². The molecule has 0 saturated carbocycles. The van der Waals surface area contributed by atoms with Crippen LogP contribution in [0.5, 0.6) is 0 Å². The number of nitrogens with zero attached hydrogens (tertiary/aromatic N) is 1. The molecule has 1 aromatic carbocycles. The average Bonchev–Trinajstić information content (AvgIpc) is 2.38. The summed E-state index contributed by atoms with van der Waals surface area (Å²) in [5, 5.41) is 9.00. The van der Waals surface area contributed by atoms with Crippen molar-refractivity contribution >= 4 is 5.97 Å². The summed E-state index contributed by atoms with van der Waals surface area (Å²) >= 11 is 0. The molecule has 18 heavy (non-hydrogen) atoms. The van der Waals surface area contributed by atoms with Gasteiger partial charge in [0.05, 0.1) is 12.7 Å². The van der Waals surface area contributed by atoms with Crippen LogP contribution < -0.4 is 0 Å². The van der Waals surface area contributed by atoms with Crippen LogP contribution in [0.15, 0.2) is 24.3 Å². The molecule has 0 spiro atoms. The van der Waals surface area contributed by atoms with Gasteiger partial charge in [0.25, 0.3) is 0 Å². The normalized spacial score (nSPS) is 22.7. The Kier molecular flexibility index (Phi) is 3.93. The highest BCUT2D eigenvalue weighted by atomic mass is 19.1. The van der Waals surface area contributed by atoms with E-state index in [-0.39, 0.29) is 11.9 Å². The van der Waals surface area contributed by atoms with Crippen LogP contribution in [0.3, 0.4) is 0 Å². The number of morpholine rings is 1. The van der Waals surface area contributed by atoms with Crippen LogP contribution in [-0.2, 0) is 9.53 Å².